The summed E-state index contributed by atoms with van der Waals surface area (Å²) < 4.78 is 1.73. The summed E-state index contributed by atoms with van der Waals surface area (Å²) in [5.74, 6) is 0. The summed E-state index contributed by atoms with van der Waals surface area (Å²) in [5.41, 5.74) is 3.12. The lowest BCUT2D eigenvalue weighted by Gasteiger charge is -2.27. The zero-order chi connectivity index (χ0) is 16.9. The number of benzene rings is 2. The van der Waals surface area contributed by atoms with Gasteiger partial charge in [-0.3, -0.25) is 4.90 Å². The molecule has 0 amide bonds. The normalized spacial score (nSPS) is 13.8. The Morgan fingerprint density at radius 2 is 1.75 bits per heavy atom. The number of aliphatic hydroxyl groups is 1. The smallest absolute Gasteiger partial charge is 0.138 e. The van der Waals surface area contributed by atoms with E-state index in [1.54, 1.807) is 11.0 Å². The highest BCUT2D eigenvalue weighted by Gasteiger charge is 2.16. The highest BCUT2D eigenvalue weighted by atomic mass is 16.3. The molecule has 3 aromatic rings. The van der Waals surface area contributed by atoms with Crippen LogP contribution in [0.5, 0.6) is 0 Å². The Morgan fingerprint density at radius 3 is 2.38 bits per heavy atom. The molecule has 1 heterocycles. The number of hydrogen-bond donors (Lipinski definition) is 1. The van der Waals surface area contributed by atoms with Gasteiger partial charge in [-0.2, -0.15) is 5.10 Å². The van der Waals surface area contributed by atoms with E-state index in [-0.39, 0.29) is 6.04 Å². The molecule has 124 valence electrons. The van der Waals surface area contributed by atoms with Crippen molar-refractivity contribution >= 4 is 0 Å². The number of aliphatic hydroxyl groups excluding tert-OH is 1. The lowest BCUT2D eigenvalue weighted by atomic mass is 10.0. The van der Waals surface area contributed by atoms with E-state index in [1.807, 2.05) is 49.5 Å². The molecule has 5 nitrogen and oxygen atoms in total. The van der Waals surface area contributed by atoms with Gasteiger partial charge in [-0.1, -0.05) is 42.5 Å². The first-order valence-corrected chi connectivity index (χ1v) is 8.03. The van der Waals surface area contributed by atoms with Crippen LogP contribution in [0.3, 0.4) is 0 Å². The lowest BCUT2D eigenvalue weighted by molar-refractivity contribution is 0.108. The van der Waals surface area contributed by atoms with Crippen LogP contribution in [0.4, 0.5) is 0 Å². The van der Waals surface area contributed by atoms with Crippen molar-refractivity contribution in [1.82, 2.24) is 19.7 Å². The van der Waals surface area contributed by atoms with E-state index in [9.17, 15) is 5.11 Å². The van der Waals surface area contributed by atoms with Crippen molar-refractivity contribution in [3.8, 4) is 5.69 Å². The zero-order valence-corrected chi connectivity index (χ0v) is 13.9. The minimum Gasteiger partial charge on any atom is -0.387 e. The molecule has 0 bridgehead atoms. The predicted molar refractivity (Wildman–Crippen MR) is 93.8 cm³/mol. The van der Waals surface area contributed by atoms with Crippen molar-refractivity contribution in [3.05, 3.63) is 78.4 Å². The molecule has 0 aliphatic carbocycles. The molecule has 0 aliphatic heterocycles. The van der Waals surface area contributed by atoms with E-state index in [2.05, 4.69) is 34.0 Å². The topological polar surface area (TPSA) is 54.2 Å². The first-order chi connectivity index (χ1) is 11.6. The van der Waals surface area contributed by atoms with Gasteiger partial charge < -0.3 is 5.11 Å². The summed E-state index contributed by atoms with van der Waals surface area (Å²) in [6.45, 7) is 2.72. The molecule has 0 radical (unpaired) electrons. The molecule has 3 rings (SSSR count). The van der Waals surface area contributed by atoms with E-state index in [4.69, 9.17) is 0 Å². The molecule has 0 fully saturated rings. The van der Waals surface area contributed by atoms with Gasteiger partial charge in [0.15, 0.2) is 0 Å². The van der Waals surface area contributed by atoms with Crippen LogP contribution in [0.15, 0.2) is 67.3 Å². The average Bonchev–Trinajstić information content (AvgIpc) is 3.16. The molecule has 0 saturated carbocycles. The van der Waals surface area contributed by atoms with Gasteiger partial charge in [-0.25, -0.2) is 9.67 Å². The Balaban J connectivity index is 1.66. The molecule has 1 N–H and O–H groups in total. The number of likely N-dealkylation sites (N-methyl/N-ethyl adjacent to an activating group) is 1. The highest BCUT2D eigenvalue weighted by molar-refractivity contribution is 5.34. The quantitative estimate of drug-likeness (QED) is 0.758. The van der Waals surface area contributed by atoms with Gasteiger partial charge in [0.2, 0.25) is 0 Å². The highest BCUT2D eigenvalue weighted by Crippen LogP contribution is 2.23. The van der Waals surface area contributed by atoms with Crippen LogP contribution in [0.25, 0.3) is 5.69 Å². The lowest BCUT2D eigenvalue weighted by Crippen LogP contribution is -2.27. The molecular weight excluding hydrogens is 300 g/mol. The molecular formula is C19H22N4O. The maximum Gasteiger partial charge on any atom is 0.138 e. The third-order valence-electron chi connectivity index (χ3n) is 4.37. The molecule has 0 saturated heterocycles. The fourth-order valence-corrected chi connectivity index (χ4v) is 2.71. The fourth-order valence-electron chi connectivity index (χ4n) is 2.71. The summed E-state index contributed by atoms with van der Waals surface area (Å²) >= 11 is 0. The van der Waals surface area contributed by atoms with Gasteiger partial charge in [0.05, 0.1) is 11.8 Å². The van der Waals surface area contributed by atoms with Gasteiger partial charge in [-0.15, -0.1) is 0 Å². The second kappa shape index (κ2) is 7.38. The monoisotopic (exact) mass is 322 g/mol. The van der Waals surface area contributed by atoms with E-state index in [0.717, 1.165) is 11.3 Å². The van der Waals surface area contributed by atoms with Gasteiger partial charge in [0, 0.05) is 12.6 Å². The van der Waals surface area contributed by atoms with Gasteiger partial charge in [0.1, 0.15) is 12.7 Å². The summed E-state index contributed by atoms with van der Waals surface area (Å²) in [6.07, 6.45) is 2.71. The second-order valence-corrected chi connectivity index (χ2v) is 5.97. The number of hydrogen-bond acceptors (Lipinski definition) is 4. The Kier molecular flexibility index (Phi) is 5.03. The number of rotatable bonds is 6. The maximum absolute atomic E-state index is 10.4. The van der Waals surface area contributed by atoms with E-state index in [1.165, 1.54) is 11.9 Å². The Hall–Kier alpha value is -2.50. The van der Waals surface area contributed by atoms with Crippen LogP contribution in [0.1, 0.15) is 30.2 Å². The van der Waals surface area contributed by atoms with Crippen LogP contribution < -0.4 is 0 Å². The van der Waals surface area contributed by atoms with E-state index in [0.29, 0.717) is 6.54 Å². The summed E-state index contributed by atoms with van der Waals surface area (Å²) in [5, 5.41) is 14.5. The van der Waals surface area contributed by atoms with Crippen molar-refractivity contribution in [2.75, 3.05) is 13.6 Å². The zero-order valence-electron chi connectivity index (χ0n) is 13.9. The SMILES string of the molecule is C[C@@H](c1ccc(-n2cncn2)cc1)N(C)C[C@H](O)c1ccccc1. The molecule has 2 atom stereocenters. The molecule has 1 aromatic heterocycles. The Labute approximate surface area is 142 Å². The summed E-state index contributed by atoms with van der Waals surface area (Å²) in [6, 6.07) is 18.2. The molecule has 0 spiro atoms. The standard InChI is InChI=1S/C19H22N4O/c1-15(22(2)12-19(24)17-6-4-3-5-7-17)16-8-10-18(11-9-16)23-14-20-13-21-23/h3-11,13-15,19,24H,12H2,1-2H3/t15-,19-/m0/s1. The fraction of sp³-hybridized carbons (Fsp3) is 0.263. The Morgan fingerprint density at radius 1 is 1.04 bits per heavy atom. The van der Waals surface area contributed by atoms with Gasteiger partial charge in [-0.05, 0) is 37.2 Å². The van der Waals surface area contributed by atoms with E-state index < -0.39 is 6.10 Å². The van der Waals surface area contributed by atoms with Crippen LogP contribution in [-0.4, -0.2) is 38.4 Å². The van der Waals surface area contributed by atoms with Crippen LogP contribution >= 0.6 is 0 Å². The van der Waals surface area contributed by atoms with Crippen molar-refractivity contribution in [3.63, 3.8) is 0 Å². The molecule has 2 aromatic carbocycles. The second-order valence-electron chi connectivity index (χ2n) is 5.97. The summed E-state index contributed by atoms with van der Waals surface area (Å²) in [4.78, 5) is 6.12. The largest absolute Gasteiger partial charge is 0.387 e. The maximum atomic E-state index is 10.4. The predicted octanol–water partition coefficient (Wildman–Crippen LogP) is 2.99. The van der Waals surface area contributed by atoms with Gasteiger partial charge >= 0.3 is 0 Å². The van der Waals surface area contributed by atoms with Crippen LogP contribution in [-0.2, 0) is 0 Å². The summed E-state index contributed by atoms with van der Waals surface area (Å²) in [7, 11) is 2.03. The number of nitrogens with zero attached hydrogens (tertiary/aromatic N) is 4. The molecule has 24 heavy (non-hydrogen) atoms. The van der Waals surface area contributed by atoms with E-state index >= 15 is 0 Å². The molecule has 5 heteroatoms. The first kappa shape index (κ1) is 16.4. The molecule has 0 aliphatic rings. The van der Waals surface area contributed by atoms with Crippen molar-refractivity contribution in [2.24, 2.45) is 0 Å². The average molecular weight is 322 g/mol. The third-order valence-corrected chi connectivity index (χ3v) is 4.37. The third kappa shape index (κ3) is 3.69. The van der Waals surface area contributed by atoms with Crippen molar-refractivity contribution in [1.29, 1.82) is 0 Å². The van der Waals surface area contributed by atoms with Crippen LogP contribution in [0.2, 0.25) is 0 Å². The minimum atomic E-state index is -0.493. The van der Waals surface area contributed by atoms with Crippen molar-refractivity contribution in [2.45, 2.75) is 19.1 Å². The number of aromatic nitrogens is 3. The minimum absolute atomic E-state index is 0.202. The molecule has 0 unspecified atom stereocenters. The first-order valence-electron chi connectivity index (χ1n) is 8.03. The van der Waals surface area contributed by atoms with Crippen LogP contribution in [0, 0.1) is 0 Å². The van der Waals surface area contributed by atoms with Crippen molar-refractivity contribution < 1.29 is 5.11 Å². The Bertz CT molecular complexity index is 741. The van der Waals surface area contributed by atoms with Gasteiger partial charge in [0.25, 0.3) is 0 Å².